The number of carbonyl (C=O) groups excluding carboxylic acids is 1. The first-order chi connectivity index (χ1) is 13.6. The van der Waals surface area contributed by atoms with Gasteiger partial charge in [-0.1, -0.05) is 48.0 Å². The van der Waals surface area contributed by atoms with Gasteiger partial charge in [0.05, 0.1) is 5.56 Å². The SMILES string of the molecule is Cc1ccc(NC(=O)c2c(/N=C/c3ccccc3)sc3c2CCCC3)c(C)c1. The third-order valence-electron chi connectivity index (χ3n) is 5.14. The van der Waals surface area contributed by atoms with Crippen LogP contribution in [0.2, 0.25) is 0 Å². The maximum atomic E-state index is 13.2. The van der Waals surface area contributed by atoms with E-state index in [4.69, 9.17) is 4.99 Å². The van der Waals surface area contributed by atoms with Gasteiger partial charge in [0, 0.05) is 16.8 Å². The highest BCUT2D eigenvalue weighted by Gasteiger charge is 2.25. The molecule has 1 aliphatic carbocycles. The molecule has 1 amide bonds. The Morgan fingerprint density at radius 3 is 2.64 bits per heavy atom. The largest absolute Gasteiger partial charge is 0.322 e. The summed E-state index contributed by atoms with van der Waals surface area (Å²) in [5.74, 6) is -0.0495. The molecule has 28 heavy (non-hydrogen) atoms. The van der Waals surface area contributed by atoms with Crippen molar-refractivity contribution in [1.82, 2.24) is 0 Å². The zero-order chi connectivity index (χ0) is 19.5. The van der Waals surface area contributed by atoms with E-state index in [9.17, 15) is 4.79 Å². The number of amides is 1. The zero-order valence-corrected chi connectivity index (χ0v) is 17.1. The van der Waals surface area contributed by atoms with E-state index in [1.54, 1.807) is 11.3 Å². The summed E-state index contributed by atoms with van der Waals surface area (Å²) in [5.41, 5.74) is 6.12. The second kappa shape index (κ2) is 8.11. The van der Waals surface area contributed by atoms with Gasteiger partial charge in [0.1, 0.15) is 5.00 Å². The molecular weight excluding hydrogens is 364 g/mol. The highest BCUT2D eigenvalue weighted by molar-refractivity contribution is 7.16. The molecule has 1 heterocycles. The average Bonchev–Trinajstić information content (AvgIpc) is 3.08. The maximum absolute atomic E-state index is 13.2. The van der Waals surface area contributed by atoms with E-state index >= 15 is 0 Å². The first kappa shape index (κ1) is 18.6. The molecule has 0 saturated heterocycles. The summed E-state index contributed by atoms with van der Waals surface area (Å²) in [5, 5.41) is 3.94. The molecule has 0 radical (unpaired) electrons. The Balaban J connectivity index is 1.69. The van der Waals surface area contributed by atoms with Gasteiger partial charge in [0.2, 0.25) is 0 Å². The quantitative estimate of drug-likeness (QED) is 0.528. The van der Waals surface area contributed by atoms with Crippen LogP contribution in [-0.2, 0) is 12.8 Å². The van der Waals surface area contributed by atoms with Gasteiger partial charge in [0.25, 0.3) is 5.91 Å². The smallest absolute Gasteiger partial charge is 0.259 e. The maximum Gasteiger partial charge on any atom is 0.259 e. The normalized spacial score (nSPS) is 13.5. The summed E-state index contributed by atoms with van der Waals surface area (Å²) >= 11 is 1.67. The van der Waals surface area contributed by atoms with E-state index in [0.29, 0.717) is 0 Å². The zero-order valence-electron chi connectivity index (χ0n) is 16.3. The number of carbonyl (C=O) groups is 1. The van der Waals surface area contributed by atoms with Crippen LogP contribution in [0.25, 0.3) is 0 Å². The van der Waals surface area contributed by atoms with Crippen LogP contribution in [0, 0.1) is 13.8 Å². The summed E-state index contributed by atoms with van der Waals surface area (Å²) in [6, 6.07) is 16.1. The van der Waals surface area contributed by atoms with Crippen molar-refractivity contribution in [2.45, 2.75) is 39.5 Å². The topological polar surface area (TPSA) is 41.5 Å². The summed E-state index contributed by atoms with van der Waals surface area (Å²) in [7, 11) is 0. The van der Waals surface area contributed by atoms with Crippen LogP contribution >= 0.6 is 11.3 Å². The molecule has 4 heteroatoms. The van der Waals surface area contributed by atoms with Crippen LogP contribution < -0.4 is 5.32 Å². The fourth-order valence-electron chi connectivity index (χ4n) is 3.69. The average molecular weight is 389 g/mol. The number of benzene rings is 2. The molecule has 0 atom stereocenters. The van der Waals surface area contributed by atoms with E-state index in [0.717, 1.165) is 46.6 Å². The van der Waals surface area contributed by atoms with Gasteiger partial charge in [-0.2, -0.15) is 0 Å². The predicted octanol–water partition coefficient (Wildman–Crippen LogP) is 6.25. The highest BCUT2D eigenvalue weighted by atomic mass is 32.1. The molecule has 1 aliphatic rings. The van der Waals surface area contributed by atoms with Crippen molar-refractivity contribution in [3.05, 3.63) is 81.2 Å². The number of fused-ring (bicyclic) bond motifs is 1. The van der Waals surface area contributed by atoms with Gasteiger partial charge in [0.15, 0.2) is 0 Å². The second-order valence-corrected chi connectivity index (χ2v) is 8.42. The molecule has 1 aromatic heterocycles. The number of thiophene rings is 1. The lowest BCUT2D eigenvalue weighted by Crippen LogP contribution is -2.15. The molecular formula is C24H24N2OS. The van der Waals surface area contributed by atoms with Crippen molar-refractivity contribution in [2.75, 3.05) is 5.32 Å². The molecule has 3 aromatic rings. The Labute approximate surface area is 170 Å². The van der Waals surface area contributed by atoms with Crippen LogP contribution in [0.15, 0.2) is 53.5 Å². The summed E-state index contributed by atoms with van der Waals surface area (Å²) in [6.07, 6.45) is 6.18. The fourth-order valence-corrected chi connectivity index (χ4v) is 4.92. The molecule has 142 valence electrons. The number of nitrogens with one attached hydrogen (secondary N) is 1. The number of hydrogen-bond donors (Lipinski definition) is 1. The second-order valence-electron chi connectivity index (χ2n) is 7.33. The molecule has 0 fully saturated rings. The van der Waals surface area contributed by atoms with E-state index in [-0.39, 0.29) is 5.91 Å². The van der Waals surface area contributed by atoms with Gasteiger partial charge in [-0.25, -0.2) is 4.99 Å². The Morgan fingerprint density at radius 1 is 1.07 bits per heavy atom. The lowest BCUT2D eigenvalue weighted by molar-refractivity contribution is 0.102. The minimum Gasteiger partial charge on any atom is -0.322 e. The van der Waals surface area contributed by atoms with Gasteiger partial charge in [-0.3, -0.25) is 4.79 Å². The summed E-state index contributed by atoms with van der Waals surface area (Å²) in [4.78, 5) is 19.3. The molecule has 3 nitrogen and oxygen atoms in total. The summed E-state index contributed by atoms with van der Waals surface area (Å²) < 4.78 is 0. The third kappa shape index (κ3) is 3.92. The van der Waals surface area contributed by atoms with Crippen LogP contribution in [0.5, 0.6) is 0 Å². The number of hydrogen-bond acceptors (Lipinski definition) is 3. The van der Waals surface area contributed by atoms with Gasteiger partial charge < -0.3 is 5.32 Å². The number of anilines is 1. The van der Waals surface area contributed by atoms with Crippen LogP contribution in [0.4, 0.5) is 10.7 Å². The fraction of sp³-hybridized carbons (Fsp3) is 0.250. The first-order valence-electron chi connectivity index (χ1n) is 9.74. The number of nitrogens with zero attached hydrogens (tertiary/aromatic N) is 1. The minimum absolute atomic E-state index is 0.0495. The Kier molecular flexibility index (Phi) is 5.40. The highest BCUT2D eigenvalue weighted by Crippen LogP contribution is 2.40. The predicted molar refractivity (Wildman–Crippen MR) is 119 cm³/mol. The first-order valence-corrected chi connectivity index (χ1v) is 10.6. The molecule has 0 spiro atoms. The molecule has 4 rings (SSSR count). The third-order valence-corrected chi connectivity index (χ3v) is 6.34. The number of aliphatic imine (C=N–C) groups is 1. The van der Waals surface area contributed by atoms with Crippen LogP contribution in [-0.4, -0.2) is 12.1 Å². The lowest BCUT2D eigenvalue weighted by atomic mass is 9.95. The minimum atomic E-state index is -0.0495. The van der Waals surface area contributed by atoms with Gasteiger partial charge >= 0.3 is 0 Å². The van der Waals surface area contributed by atoms with Crippen molar-refractivity contribution in [3.63, 3.8) is 0 Å². The van der Waals surface area contributed by atoms with Gasteiger partial charge in [-0.05, 0) is 62.3 Å². The number of rotatable bonds is 4. The van der Waals surface area contributed by atoms with Crippen molar-refractivity contribution in [1.29, 1.82) is 0 Å². The Hall–Kier alpha value is -2.72. The van der Waals surface area contributed by atoms with E-state index in [1.807, 2.05) is 55.6 Å². The van der Waals surface area contributed by atoms with Crippen molar-refractivity contribution < 1.29 is 4.79 Å². The van der Waals surface area contributed by atoms with E-state index in [2.05, 4.69) is 18.3 Å². The molecule has 0 saturated carbocycles. The van der Waals surface area contributed by atoms with Crippen LogP contribution in [0.1, 0.15) is 50.3 Å². The Morgan fingerprint density at radius 2 is 1.86 bits per heavy atom. The lowest BCUT2D eigenvalue weighted by Gasteiger charge is -2.14. The van der Waals surface area contributed by atoms with E-state index < -0.39 is 0 Å². The standard InChI is InChI=1S/C24H24N2OS/c1-16-12-13-20(17(2)14-16)26-23(27)22-19-10-6-7-11-21(19)28-24(22)25-15-18-8-4-3-5-9-18/h3-5,8-9,12-15H,6-7,10-11H2,1-2H3,(H,26,27)/b25-15+. The van der Waals surface area contributed by atoms with Crippen molar-refractivity contribution in [3.8, 4) is 0 Å². The molecule has 0 unspecified atom stereocenters. The molecule has 0 aliphatic heterocycles. The number of aryl methyl sites for hydroxylation is 3. The molecule has 2 aromatic carbocycles. The Bertz CT molecular complexity index is 1030. The van der Waals surface area contributed by atoms with Crippen LogP contribution in [0.3, 0.4) is 0 Å². The molecule has 0 bridgehead atoms. The van der Waals surface area contributed by atoms with E-state index in [1.165, 1.54) is 22.4 Å². The van der Waals surface area contributed by atoms with Crippen molar-refractivity contribution >= 4 is 34.1 Å². The monoisotopic (exact) mass is 388 g/mol. The van der Waals surface area contributed by atoms with Crippen molar-refractivity contribution in [2.24, 2.45) is 4.99 Å². The summed E-state index contributed by atoms with van der Waals surface area (Å²) in [6.45, 7) is 4.09. The molecule has 1 N–H and O–H groups in total. The van der Waals surface area contributed by atoms with Gasteiger partial charge in [-0.15, -0.1) is 11.3 Å².